The molecule has 3 heterocycles. The lowest BCUT2D eigenvalue weighted by Crippen LogP contribution is -2.53. The highest BCUT2D eigenvalue weighted by molar-refractivity contribution is 5.87. The molecule has 2 aliphatic heterocycles. The van der Waals surface area contributed by atoms with Crippen LogP contribution in [0.1, 0.15) is 32.6 Å². The number of hydrogen-bond donors (Lipinski definition) is 0. The predicted molar refractivity (Wildman–Crippen MR) is 111 cm³/mol. The van der Waals surface area contributed by atoms with E-state index in [4.69, 9.17) is 4.74 Å². The van der Waals surface area contributed by atoms with Crippen LogP contribution in [0.15, 0.2) is 24.8 Å². The third-order valence-electron chi connectivity index (χ3n) is 6.44. The molecule has 29 heavy (non-hydrogen) atoms. The summed E-state index contributed by atoms with van der Waals surface area (Å²) < 4.78 is 20.2. The highest BCUT2D eigenvalue weighted by Gasteiger charge is 2.45. The van der Waals surface area contributed by atoms with Crippen LogP contribution in [0, 0.1) is 11.4 Å². The van der Waals surface area contributed by atoms with Crippen LogP contribution in [0.3, 0.4) is 0 Å². The molecule has 7 heteroatoms. The monoisotopic (exact) mass is 402 g/mol. The van der Waals surface area contributed by atoms with E-state index in [9.17, 15) is 9.18 Å². The van der Waals surface area contributed by atoms with Gasteiger partial charge in [0.05, 0.1) is 6.61 Å². The van der Waals surface area contributed by atoms with E-state index in [0.717, 1.165) is 12.2 Å². The van der Waals surface area contributed by atoms with Crippen molar-refractivity contribution >= 4 is 11.6 Å². The van der Waals surface area contributed by atoms with Gasteiger partial charge in [-0.3, -0.25) is 4.79 Å². The number of aromatic nitrogens is 1. The highest BCUT2D eigenvalue weighted by atomic mass is 19.1. The van der Waals surface area contributed by atoms with Crippen molar-refractivity contribution in [3.05, 3.63) is 30.7 Å². The molecular weight excluding hydrogens is 371 g/mol. The third-order valence-corrected chi connectivity index (χ3v) is 6.44. The summed E-state index contributed by atoms with van der Waals surface area (Å²) >= 11 is 0. The fourth-order valence-electron chi connectivity index (χ4n) is 4.54. The second-order valence-electron chi connectivity index (χ2n) is 8.79. The van der Waals surface area contributed by atoms with Crippen molar-refractivity contribution in [3.8, 4) is 5.88 Å². The van der Waals surface area contributed by atoms with Crippen LogP contribution in [0.25, 0.3) is 0 Å². The molecule has 3 aliphatic rings. The molecule has 4 rings (SSSR count). The molecule has 1 atom stereocenters. The zero-order valence-electron chi connectivity index (χ0n) is 17.3. The smallest absolute Gasteiger partial charge is 0.246 e. The SMILES string of the molecule is C=CC(=O)N1CCN(c2cc(F)nc(OCC3(CN4CCCC4)CC3)c2)[C@@H](C)C1. The Bertz CT molecular complexity index is 761. The van der Waals surface area contributed by atoms with Crippen LogP contribution in [0.5, 0.6) is 5.88 Å². The van der Waals surface area contributed by atoms with Crippen LogP contribution in [-0.4, -0.2) is 72.6 Å². The summed E-state index contributed by atoms with van der Waals surface area (Å²) in [5, 5.41) is 0. The molecule has 2 saturated heterocycles. The topological polar surface area (TPSA) is 48.9 Å². The molecule has 1 saturated carbocycles. The molecule has 0 radical (unpaired) electrons. The molecule has 0 spiro atoms. The van der Waals surface area contributed by atoms with Crippen LogP contribution >= 0.6 is 0 Å². The van der Waals surface area contributed by atoms with Gasteiger partial charge in [0.1, 0.15) is 0 Å². The minimum atomic E-state index is -0.529. The minimum Gasteiger partial charge on any atom is -0.477 e. The fraction of sp³-hybridized carbons (Fsp3) is 0.636. The maximum atomic E-state index is 14.2. The van der Waals surface area contributed by atoms with Crippen molar-refractivity contribution in [2.24, 2.45) is 5.41 Å². The Labute approximate surface area is 172 Å². The first-order valence-corrected chi connectivity index (χ1v) is 10.7. The van der Waals surface area contributed by atoms with Crippen LogP contribution in [0.4, 0.5) is 10.1 Å². The summed E-state index contributed by atoms with van der Waals surface area (Å²) in [6.07, 6.45) is 6.26. The summed E-state index contributed by atoms with van der Waals surface area (Å²) in [4.78, 5) is 22.2. The Hall–Kier alpha value is -2.15. The lowest BCUT2D eigenvalue weighted by atomic mass is 10.1. The average Bonchev–Trinajstić information content (AvgIpc) is 3.28. The summed E-state index contributed by atoms with van der Waals surface area (Å²) in [6, 6.07) is 3.36. The van der Waals surface area contributed by atoms with E-state index in [1.165, 1.54) is 50.9 Å². The molecule has 1 aromatic heterocycles. The Morgan fingerprint density at radius 2 is 2.07 bits per heavy atom. The first kappa shape index (κ1) is 20.1. The molecule has 0 bridgehead atoms. The molecule has 3 fully saturated rings. The Morgan fingerprint density at radius 1 is 1.31 bits per heavy atom. The van der Waals surface area contributed by atoms with Gasteiger partial charge in [0.15, 0.2) is 0 Å². The number of pyridine rings is 1. The zero-order chi connectivity index (χ0) is 20.4. The highest BCUT2D eigenvalue weighted by Crippen LogP contribution is 2.47. The molecule has 1 aliphatic carbocycles. The first-order valence-electron chi connectivity index (χ1n) is 10.7. The van der Waals surface area contributed by atoms with Gasteiger partial charge in [0, 0.05) is 55.5 Å². The van der Waals surface area contributed by atoms with Crippen LogP contribution in [-0.2, 0) is 4.79 Å². The van der Waals surface area contributed by atoms with E-state index in [1.807, 2.05) is 13.0 Å². The molecule has 0 aromatic carbocycles. The first-order chi connectivity index (χ1) is 14.0. The number of nitrogens with zero attached hydrogens (tertiary/aromatic N) is 4. The molecule has 0 unspecified atom stereocenters. The molecule has 1 amide bonds. The van der Waals surface area contributed by atoms with Crippen molar-refractivity contribution in [1.82, 2.24) is 14.8 Å². The van der Waals surface area contributed by atoms with Crippen molar-refractivity contribution in [1.29, 1.82) is 0 Å². The lowest BCUT2D eigenvalue weighted by Gasteiger charge is -2.41. The van der Waals surface area contributed by atoms with Crippen LogP contribution in [0.2, 0.25) is 0 Å². The summed E-state index contributed by atoms with van der Waals surface area (Å²) in [5.41, 5.74) is 0.970. The largest absolute Gasteiger partial charge is 0.477 e. The van der Waals surface area contributed by atoms with Gasteiger partial charge in [0.25, 0.3) is 0 Å². The number of anilines is 1. The van der Waals surface area contributed by atoms with Crippen molar-refractivity contribution < 1.29 is 13.9 Å². The maximum Gasteiger partial charge on any atom is 0.246 e. The van der Waals surface area contributed by atoms with Crippen molar-refractivity contribution in [2.45, 2.75) is 38.6 Å². The number of amides is 1. The van der Waals surface area contributed by atoms with E-state index in [1.54, 1.807) is 4.90 Å². The van der Waals surface area contributed by atoms with Crippen LogP contribution < -0.4 is 9.64 Å². The second-order valence-corrected chi connectivity index (χ2v) is 8.79. The Kier molecular flexibility index (Phi) is 5.76. The standard InChI is InChI=1S/C22H31FN4O2/c1-3-21(28)26-10-11-27(17(2)14-26)18-12-19(23)24-20(13-18)29-16-22(6-7-22)15-25-8-4-5-9-25/h3,12-13,17H,1,4-11,14-16H2,2H3/t17-/m0/s1. The van der Waals surface area contributed by atoms with Gasteiger partial charge in [-0.05, 0) is 51.8 Å². The quantitative estimate of drug-likeness (QED) is 0.518. The lowest BCUT2D eigenvalue weighted by molar-refractivity contribution is -0.126. The number of carbonyl (C=O) groups excluding carboxylic acids is 1. The third kappa shape index (κ3) is 4.71. The molecule has 0 N–H and O–H groups in total. The second kappa shape index (κ2) is 8.30. The van der Waals surface area contributed by atoms with E-state index >= 15 is 0 Å². The molecular formula is C22H31FN4O2. The Balaban J connectivity index is 1.39. The fourth-order valence-corrected chi connectivity index (χ4v) is 4.54. The van der Waals surface area contributed by atoms with E-state index in [-0.39, 0.29) is 17.4 Å². The Morgan fingerprint density at radius 3 is 2.72 bits per heavy atom. The predicted octanol–water partition coefficient (Wildman–Crippen LogP) is 2.70. The molecule has 6 nitrogen and oxygen atoms in total. The number of carbonyl (C=O) groups is 1. The van der Waals surface area contributed by atoms with E-state index in [0.29, 0.717) is 32.1 Å². The van der Waals surface area contributed by atoms with Gasteiger partial charge in [-0.25, -0.2) is 0 Å². The maximum absolute atomic E-state index is 14.2. The zero-order valence-corrected chi connectivity index (χ0v) is 17.3. The van der Waals surface area contributed by atoms with E-state index < -0.39 is 5.95 Å². The van der Waals surface area contributed by atoms with Gasteiger partial charge in [-0.1, -0.05) is 6.58 Å². The number of hydrogen-bond acceptors (Lipinski definition) is 5. The van der Waals surface area contributed by atoms with Gasteiger partial charge in [-0.2, -0.15) is 9.37 Å². The van der Waals surface area contributed by atoms with Gasteiger partial charge >= 0.3 is 0 Å². The van der Waals surface area contributed by atoms with Crippen molar-refractivity contribution in [3.63, 3.8) is 0 Å². The number of likely N-dealkylation sites (tertiary alicyclic amines) is 1. The number of rotatable bonds is 7. The van der Waals surface area contributed by atoms with Crippen molar-refractivity contribution in [2.75, 3.05) is 50.8 Å². The minimum absolute atomic E-state index is 0.0610. The van der Waals surface area contributed by atoms with E-state index in [2.05, 4.69) is 21.4 Å². The summed E-state index contributed by atoms with van der Waals surface area (Å²) in [7, 11) is 0. The molecule has 1 aromatic rings. The average molecular weight is 403 g/mol. The number of piperazine rings is 1. The summed E-state index contributed by atoms with van der Waals surface area (Å²) in [6.45, 7) is 11.4. The van der Waals surface area contributed by atoms with Gasteiger partial charge in [-0.15, -0.1) is 0 Å². The normalized spacial score (nSPS) is 23.9. The van der Waals surface area contributed by atoms with Gasteiger partial charge in [0.2, 0.25) is 17.7 Å². The molecule has 158 valence electrons. The summed E-state index contributed by atoms with van der Waals surface area (Å²) in [5.74, 6) is -0.239. The number of ether oxygens (including phenoxy) is 1. The number of halogens is 1. The van der Waals surface area contributed by atoms with Gasteiger partial charge < -0.3 is 19.4 Å².